The second-order valence-corrected chi connectivity index (χ2v) is 3.04. The van der Waals surface area contributed by atoms with E-state index in [1.54, 1.807) is 0 Å². The molecule has 0 aliphatic rings. The lowest BCUT2D eigenvalue weighted by atomic mass is 10.0. The molecule has 0 aromatic heterocycles. The van der Waals surface area contributed by atoms with Crippen molar-refractivity contribution in [2.45, 2.75) is 38.4 Å². The summed E-state index contributed by atoms with van der Waals surface area (Å²) < 4.78 is 0. The van der Waals surface area contributed by atoms with Crippen molar-refractivity contribution in [3.8, 4) is 0 Å². The van der Waals surface area contributed by atoms with Crippen LogP contribution in [0.5, 0.6) is 0 Å². The molecular weight excluding hydrogens is 172 g/mol. The van der Waals surface area contributed by atoms with Gasteiger partial charge >= 0.3 is 0 Å². The number of carbonyl (C=O) groups is 1. The van der Waals surface area contributed by atoms with Crippen molar-refractivity contribution in [3.05, 3.63) is 12.2 Å². The van der Waals surface area contributed by atoms with Gasteiger partial charge in [0, 0.05) is 12.0 Å². The lowest BCUT2D eigenvalue weighted by Gasteiger charge is -2.24. The van der Waals surface area contributed by atoms with Crippen molar-refractivity contribution >= 4 is 5.97 Å². The molecule has 0 unspecified atom stereocenters. The van der Waals surface area contributed by atoms with Gasteiger partial charge in [0.2, 0.25) is 0 Å². The first-order valence-electron chi connectivity index (χ1n) is 4.27. The molecule has 0 aliphatic carbocycles. The van der Waals surface area contributed by atoms with E-state index >= 15 is 0 Å². The molecule has 0 rings (SSSR count). The average molecular weight is 187 g/mol. The van der Waals surface area contributed by atoms with Crippen LogP contribution in [0.4, 0.5) is 0 Å². The first kappa shape index (κ1) is 12.1. The average Bonchev–Trinajstić information content (AvgIpc) is 2.03. The minimum atomic E-state index is -2.33. The molecule has 0 aromatic rings. The van der Waals surface area contributed by atoms with E-state index in [0.29, 0.717) is 6.42 Å². The first-order chi connectivity index (χ1) is 5.91. The van der Waals surface area contributed by atoms with E-state index in [1.165, 1.54) is 0 Å². The van der Waals surface area contributed by atoms with Gasteiger partial charge in [-0.2, -0.15) is 0 Å². The lowest BCUT2D eigenvalue weighted by molar-refractivity contribution is -0.304. The Morgan fingerprint density at radius 1 is 1.46 bits per heavy atom. The third kappa shape index (κ3) is 4.05. The van der Waals surface area contributed by atoms with Crippen LogP contribution in [0.1, 0.15) is 32.6 Å². The molecule has 0 saturated heterocycles. The summed E-state index contributed by atoms with van der Waals surface area (Å²) in [4.78, 5) is 10.2. The number of rotatable bonds is 6. The number of aliphatic hydroxyl groups is 2. The van der Waals surface area contributed by atoms with Gasteiger partial charge in [-0.25, -0.2) is 0 Å². The van der Waals surface area contributed by atoms with Crippen molar-refractivity contribution in [3.63, 3.8) is 0 Å². The van der Waals surface area contributed by atoms with E-state index in [0.717, 1.165) is 12.8 Å². The Balaban J connectivity index is 4.06. The number of unbranched alkanes of at least 4 members (excludes halogenated alkanes) is 2. The molecule has 0 bridgehead atoms. The highest BCUT2D eigenvalue weighted by Gasteiger charge is 2.26. The molecule has 4 heteroatoms. The molecule has 0 atom stereocenters. The maximum absolute atomic E-state index is 10.2. The highest BCUT2D eigenvalue weighted by molar-refractivity contribution is 5.85. The van der Waals surface area contributed by atoms with E-state index in [4.69, 9.17) is 0 Å². The Kier molecular flexibility index (Phi) is 4.66. The summed E-state index contributed by atoms with van der Waals surface area (Å²) in [6.07, 6.45) is 2.28. The van der Waals surface area contributed by atoms with Gasteiger partial charge in [0.15, 0.2) is 5.79 Å². The quantitative estimate of drug-likeness (QED) is 0.335. The van der Waals surface area contributed by atoms with Crippen LogP contribution in [-0.2, 0) is 4.79 Å². The Hall–Kier alpha value is -0.870. The number of carbonyl (C=O) groups excluding carboxylic acids is 1. The Labute approximate surface area is 77.5 Å². The standard InChI is InChI=1S/C9H16O4/c1-3-4-5-6-9(12,13)7(2)8(10)11/h12-13H,2-6H2,1H3,(H,10,11)/p-1. The van der Waals surface area contributed by atoms with Gasteiger partial charge in [0.25, 0.3) is 0 Å². The van der Waals surface area contributed by atoms with Gasteiger partial charge in [-0.1, -0.05) is 26.3 Å². The molecule has 4 nitrogen and oxygen atoms in total. The van der Waals surface area contributed by atoms with Gasteiger partial charge < -0.3 is 20.1 Å². The number of aliphatic carboxylic acids is 1. The predicted octanol–water partition coefficient (Wildman–Crippen LogP) is -0.446. The molecule has 0 radical (unpaired) electrons. The highest BCUT2D eigenvalue weighted by Crippen LogP contribution is 2.19. The van der Waals surface area contributed by atoms with Crippen molar-refractivity contribution in [1.82, 2.24) is 0 Å². The minimum Gasteiger partial charge on any atom is -0.545 e. The van der Waals surface area contributed by atoms with Crippen molar-refractivity contribution in [2.24, 2.45) is 0 Å². The summed E-state index contributed by atoms with van der Waals surface area (Å²) in [5, 5.41) is 28.7. The predicted molar refractivity (Wildman–Crippen MR) is 45.5 cm³/mol. The SMILES string of the molecule is C=C(C(=O)[O-])C(O)(O)CCCCC. The fourth-order valence-corrected chi connectivity index (χ4v) is 0.936. The summed E-state index contributed by atoms with van der Waals surface area (Å²) in [5.74, 6) is -3.95. The van der Waals surface area contributed by atoms with Crippen LogP contribution in [0.3, 0.4) is 0 Å². The van der Waals surface area contributed by atoms with Gasteiger partial charge in [0.1, 0.15) is 0 Å². The van der Waals surface area contributed by atoms with Gasteiger partial charge in [-0.05, 0) is 6.42 Å². The molecule has 0 saturated carbocycles. The molecule has 0 spiro atoms. The monoisotopic (exact) mass is 187 g/mol. The molecule has 76 valence electrons. The summed E-state index contributed by atoms with van der Waals surface area (Å²) in [6, 6.07) is 0. The van der Waals surface area contributed by atoms with Crippen LogP contribution in [0.2, 0.25) is 0 Å². The third-order valence-corrected chi connectivity index (χ3v) is 1.86. The zero-order chi connectivity index (χ0) is 10.5. The number of hydrogen-bond acceptors (Lipinski definition) is 4. The first-order valence-corrected chi connectivity index (χ1v) is 4.27. The Morgan fingerprint density at radius 2 is 2.00 bits per heavy atom. The van der Waals surface area contributed by atoms with Gasteiger partial charge in [0.05, 0.1) is 5.97 Å². The molecule has 0 fully saturated rings. The van der Waals surface area contributed by atoms with E-state index in [2.05, 4.69) is 6.58 Å². The molecule has 0 amide bonds. The zero-order valence-electron chi connectivity index (χ0n) is 7.75. The van der Waals surface area contributed by atoms with Gasteiger partial charge in [-0.3, -0.25) is 0 Å². The number of hydrogen-bond donors (Lipinski definition) is 2. The Bertz CT molecular complexity index is 196. The topological polar surface area (TPSA) is 80.6 Å². The minimum absolute atomic E-state index is 0.0202. The van der Waals surface area contributed by atoms with Crippen LogP contribution in [0.25, 0.3) is 0 Å². The molecule has 2 N–H and O–H groups in total. The van der Waals surface area contributed by atoms with E-state index < -0.39 is 17.3 Å². The van der Waals surface area contributed by atoms with E-state index in [1.807, 2.05) is 6.92 Å². The van der Waals surface area contributed by atoms with Crippen LogP contribution >= 0.6 is 0 Å². The van der Waals surface area contributed by atoms with Crippen LogP contribution in [0, 0.1) is 0 Å². The summed E-state index contributed by atoms with van der Waals surface area (Å²) in [5.41, 5.74) is -0.677. The summed E-state index contributed by atoms with van der Waals surface area (Å²) in [7, 11) is 0. The van der Waals surface area contributed by atoms with Crippen LogP contribution in [-0.4, -0.2) is 22.0 Å². The fraction of sp³-hybridized carbons (Fsp3) is 0.667. The second-order valence-electron chi connectivity index (χ2n) is 3.04. The number of carboxylic acid groups (broad SMARTS) is 1. The molecule has 0 heterocycles. The lowest BCUT2D eigenvalue weighted by Crippen LogP contribution is -2.40. The van der Waals surface area contributed by atoms with Crippen molar-refractivity contribution in [1.29, 1.82) is 0 Å². The molecule has 0 aliphatic heterocycles. The second kappa shape index (κ2) is 4.99. The van der Waals surface area contributed by atoms with Crippen molar-refractivity contribution < 1.29 is 20.1 Å². The smallest absolute Gasteiger partial charge is 0.190 e. The van der Waals surface area contributed by atoms with Gasteiger partial charge in [-0.15, -0.1) is 0 Å². The maximum Gasteiger partial charge on any atom is 0.190 e. The summed E-state index contributed by atoms with van der Waals surface area (Å²) in [6.45, 7) is 5.00. The van der Waals surface area contributed by atoms with Crippen molar-refractivity contribution in [2.75, 3.05) is 0 Å². The normalized spacial score (nSPS) is 11.3. The Morgan fingerprint density at radius 3 is 2.38 bits per heavy atom. The largest absolute Gasteiger partial charge is 0.545 e. The van der Waals surface area contributed by atoms with Crippen LogP contribution in [0.15, 0.2) is 12.2 Å². The molecule has 0 aromatic carbocycles. The number of carboxylic acids is 1. The molecular formula is C9H15O4-. The maximum atomic E-state index is 10.2. The fourth-order valence-electron chi connectivity index (χ4n) is 0.936. The highest BCUT2D eigenvalue weighted by atomic mass is 16.5. The zero-order valence-corrected chi connectivity index (χ0v) is 7.75. The summed E-state index contributed by atoms with van der Waals surface area (Å²) >= 11 is 0. The van der Waals surface area contributed by atoms with E-state index in [-0.39, 0.29) is 6.42 Å². The van der Waals surface area contributed by atoms with Crippen LogP contribution < -0.4 is 5.11 Å². The van der Waals surface area contributed by atoms with E-state index in [9.17, 15) is 20.1 Å². The molecule has 13 heavy (non-hydrogen) atoms. The third-order valence-electron chi connectivity index (χ3n) is 1.86.